The van der Waals surface area contributed by atoms with Crippen LogP contribution < -0.4 is 5.32 Å². The highest BCUT2D eigenvalue weighted by atomic mass is 19.4. The molecule has 2 aromatic carbocycles. The molecular weight excluding hydrogens is 318 g/mol. The molecule has 0 amide bonds. The molecule has 0 atom stereocenters. The molecule has 0 unspecified atom stereocenters. The summed E-state index contributed by atoms with van der Waals surface area (Å²) in [5, 5.41) is 22.3. The molecule has 5 nitrogen and oxygen atoms in total. The Bertz CT molecular complexity index is 813. The second kappa shape index (κ2) is 5.92. The average molecular weight is 325 g/mol. The molecule has 0 aliphatic heterocycles. The van der Waals surface area contributed by atoms with Gasteiger partial charge >= 0.3 is 6.18 Å². The van der Waals surface area contributed by atoms with Crippen molar-refractivity contribution >= 4 is 17.1 Å². The third-order valence-corrected chi connectivity index (χ3v) is 2.89. The van der Waals surface area contributed by atoms with Crippen molar-refractivity contribution in [2.45, 2.75) is 6.18 Å². The van der Waals surface area contributed by atoms with Gasteiger partial charge in [-0.15, -0.1) is 0 Å². The topological polar surface area (TPSA) is 79.0 Å². The Hall–Kier alpha value is -3.15. The van der Waals surface area contributed by atoms with Gasteiger partial charge in [0.1, 0.15) is 17.6 Å². The summed E-state index contributed by atoms with van der Waals surface area (Å²) in [6.07, 6.45) is -4.62. The highest BCUT2D eigenvalue weighted by Gasteiger charge is 2.31. The highest BCUT2D eigenvalue weighted by molar-refractivity contribution is 5.73. The molecule has 23 heavy (non-hydrogen) atoms. The van der Waals surface area contributed by atoms with Crippen molar-refractivity contribution in [1.82, 2.24) is 0 Å². The van der Waals surface area contributed by atoms with Gasteiger partial charge in [0.2, 0.25) is 0 Å². The molecule has 2 rings (SSSR count). The maximum absolute atomic E-state index is 13.1. The first-order valence-corrected chi connectivity index (χ1v) is 6.04. The lowest BCUT2D eigenvalue weighted by Crippen LogP contribution is -2.06. The van der Waals surface area contributed by atoms with Crippen molar-refractivity contribution < 1.29 is 22.5 Å². The van der Waals surface area contributed by atoms with Crippen LogP contribution in [0.2, 0.25) is 0 Å². The lowest BCUT2D eigenvalue weighted by molar-refractivity contribution is -0.384. The van der Waals surface area contributed by atoms with Gasteiger partial charge in [-0.25, -0.2) is 4.39 Å². The second-order valence-electron chi connectivity index (χ2n) is 4.41. The molecule has 9 heteroatoms. The van der Waals surface area contributed by atoms with E-state index in [1.54, 1.807) is 6.07 Å². The molecule has 0 aromatic heterocycles. The van der Waals surface area contributed by atoms with Crippen LogP contribution in [0.3, 0.4) is 0 Å². The lowest BCUT2D eigenvalue weighted by atomic mass is 10.1. The molecule has 0 radical (unpaired) electrons. The Kier molecular flexibility index (Phi) is 4.18. The molecule has 1 N–H and O–H groups in total. The van der Waals surface area contributed by atoms with Crippen molar-refractivity contribution in [3.8, 4) is 6.07 Å². The Morgan fingerprint density at radius 1 is 1.13 bits per heavy atom. The maximum atomic E-state index is 13.1. The quantitative estimate of drug-likeness (QED) is 0.516. The molecule has 0 aliphatic carbocycles. The summed E-state index contributed by atoms with van der Waals surface area (Å²) in [7, 11) is 0. The summed E-state index contributed by atoms with van der Waals surface area (Å²) in [5.74, 6) is -0.838. The minimum atomic E-state index is -4.62. The van der Waals surface area contributed by atoms with Crippen LogP contribution >= 0.6 is 0 Å². The Balaban J connectivity index is 2.46. The number of hydrogen-bond donors (Lipinski definition) is 1. The first-order chi connectivity index (χ1) is 10.7. The van der Waals surface area contributed by atoms with Crippen molar-refractivity contribution in [2.24, 2.45) is 0 Å². The fourth-order valence-electron chi connectivity index (χ4n) is 1.83. The molecule has 0 fully saturated rings. The number of anilines is 2. The molecule has 0 heterocycles. The van der Waals surface area contributed by atoms with Crippen molar-refractivity contribution in [3.05, 3.63) is 63.5 Å². The van der Waals surface area contributed by atoms with E-state index in [1.165, 1.54) is 0 Å². The summed E-state index contributed by atoms with van der Waals surface area (Å²) < 4.78 is 50.9. The van der Waals surface area contributed by atoms with Crippen LogP contribution in [0.15, 0.2) is 36.4 Å². The van der Waals surface area contributed by atoms with Crippen LogP contribution in [0.25, 0.3) is 0 Å². The SMILES string of the molecule is N#Cc1cc(C(F)(F)F)ccc1Nc1ccc(F)cc1[N+](=O)[O-]. The second-order valence-corrected chi connectivity index (χ2v) is 4.41. The van der Waals surface area contributed by atoms with Crippen LogP contribution in [-0.2, 0) is 6.18 Å². The third kappa shape index (κ3) is 3.55. The Morgan fingerprint density at radius 3 is 2.35 bits per heavy atom. The number of alkyl halides is 3. The van der Waals surface area contributed by atoms with E-state index in [9.17, 15) is 27.7 Å². The van der Waals surface area contributed by atoms with E-state index in [4.69, 9.17) is 5.26 Å². The first-order valence-electron chi connectivity index (χ1n) is 6.04. The van der Waals surface area contributed by atoms with E-state index in [-0.39, 0.29) is 16.9 Å². The molecule has 0 spiro atoms. The van der Waals surface area contributed by atoms with E-state index in [2.05, 4.69) is 5.32 Å². The number of nitrogens with one attached hydrogen (secondary N) is 1. The van der Waals surface area contributed by atoms with Gasteiger partial charge in [0, 0.05) is 0 Å². The number of nitriles is 1. The molecule has 0 bridgehead atoms. The van der Waals surface area contributed by atoms with Gasteiger partial charge in [-0.3, -0.25) is 10.1 Å². The smallest absolute Gasteiger partial charge is 0.349 e. The molecular formula is C14H7F4N3O2. The maximum Gasteiger partial charge on any atom is 0.416 e. The zero-order valence-electron chi connectivity index (χ0n) is 11.2. The minimum absolute atomic E-state index is 0.0600. The van der Waals surface area contributed by atoms with Gasteiger partial charge in [0.05, 0.1) is 27.8 Å². The number of rotatable bonds is 3. The predicted octanol–water partition coefficient (Wildman–Crippen LogP) is 4.37. The Labute approximate surface area is 126 Å². The van der Waals surface area contributed by atoms with Gasteiger partial charge in [0.25, 0.3) is 5.69 Å². The summed E-state index contributed by atoms with van der Waals surface area (Å²) in [4.78, 5) is 10.0. The predicted molar refractivity (Wildman–Crippen MR) is 72.5 cm³/mol. The minimum Gasteiger partial charge on any atom is -0.349 e. The number of nitrogens with zero attached hydrogens (tertiary/aromatic N) is 2. The summed E-state index contributed by atoms with van der Waals surface area (Å²) in [6.45, 7) is 0. The van der Waals surface area contributed by atoms with Gasteiger partial charge in [0.15, 0.2) is 0 Å². The summed E-state index contributed by atoms with van der Waals surface area (Å²) >= 11 is 0. The number of halogens is 4. The van der Waals surface area contributed by atoms with Crippen molar-refractivity contribution in [3.63, 3.8) is 0 Å². The Morgan fingerprint density at radius 2 is 1.78 bits per heavy atom. The average Bonchev–Trinajstić information content (AvgIpc) is 2.48. The number of nitro benzene ring substituents is 1. The number of benzene rings is 2. The van der Waals surface area contributed by atoms with Crippen LogP contribution in [0, 0.1) is 27.3 Å². The molecule has 118 valence electrons. The number of hydrogen-bond acceptors (Lipinski definition) is 4. The van der Waals surface area contributed by atoms with Crippen LogP contribution in [0.5, 0.6) is 0 Å². The summed E-state index contributed by atoms with van der Waals surface area (Å²) in [6, 6.07) is 6.60. The molecule has 0 saturated heterocycles. The summed E-state index contributed by atoms with van der Waals surface area (Å²) in [5.41, 5.74) is -2.18. The first kappa shape index (κ1) is 16.2. The molecule has 0 aliphatic rings. The zero-order chi connectivity index (χ0) is 17.2. The van der Waals surface area contributed by atoms with Gasteiger partial charge in [-0.1, -0.05) is 0 Å². The van der Waals surface area contributed by atoms with Gasteiger partial charge < -0.3 is 5.32 Å². The van der Waals surface area contributed by atoms with Crippen LogP contribution in [0.1, 0.15) is 11.1 Å². The standard InChI is InChI=1S/C14H7F4N3O2/c15-10-2-4-12(13(6-10)21(22)23)20-11-3-1-9(14(16,17)18)5-8(11)7-19/h1-6,20H. The van der Waals surface area contributed by atoms with E-state index in [0.29, 0.717) is 12.1 Å². The van der Waals surface area contributed by atoms with Crippen LogP contribution in [-0.4, -0.2) is 4.92 Å². The van der Waals surface area contributed by atoms with Gasteiger partial charge in [-0.2, -0.15) is 18.4 Å². The van der Waals surface area contributed by atoms with E-state index in [0.717, 1.165) is 24.3 Å². The van der Waals surface area contributed by atoms with E-state index in [1.807, 2.05) is 0 Å². The van der Waals surface area contributed by atoms with Crippen molar-refractivity contribution in [2.75, 3.05) is 5.32 Å². The van der Waals surface area contributed by atoms with E-state index >= 15 is 0 Å². The lowest BCUT2D eigenvalue weighted by Gasteiger charge is -2.12. The largest absolute Gasteiger partial charge is 0.416 e. The molecule has 2 aromatic rings. The van der Waals surface area contributed by atoms with Crippen LogP contribution in [0.4, 0.5) is 34.6 Å². The third-order valence-electron chi connectivity index (χ3n) is 2.89. The fraction of sp³-hybridized carbons (Fsp3) is 0.0714. The fourth-order valence-corrected chi connectivity index (χ4v) is 1.83. The molecule has 0 saturated carbocycles. The number of nitro groups is 1. The van der Waals surface area contributed by atoms with Gasteiger partial charge in [-0.05, 0) is 30.3 Å². The monoisotopic (exact) mass is 325 g/mol. The van der Waals surface area contributed by atoms with Crippen molar-refractivity contribution in [1.29, 1.82) is 5.26 Å². The highest BCUT2D eigenvalue weighted by Crippen LogP contribution is 2.34. The normalized spacial score (nSPS) is 10.9. The zero-order valence-corrected chi connectivity index (χ0v) is 11.2. The van der Waals surface area contributed by atoms with E-state index < -0.39 is 28.2 Å².